The zero-order valence-corrected chi connectivity index (χ0v) is 14.6. The number of ether oxygens (including phenoxy) is 3. The molecule has 0 aliphatic rings. The summed E-state index contributed by atoms with van der Waals surface area (Å²) in [6, 6.07) is 4.90. The Morgan fingerprint density at radius 1 is 1.28 bits per heavy atom. The highest BCUT2D eigenvalue weighted by Crippen LogP contribution is 2.25. The van der Waals surface area contributed by atoms with Gasteiger partial charge in [0.2, 0.25) is 0 Å². The van der Waals surface area contributed by atoms with E-state index in [1.54, 1.807) is 32.9 Å². The van der Waals surface area contributed by atoms with Gasteiger partial charge in [-0.2, -0.15) is 0 Å². The summed E-state index contributed by atoms with van der Waals surface area (Å²) in [5.74, 6) is -0.622. The Bertz CT molecular complexity index is 850. The highest BCUT2D eigenvalue weighted by molar-refractivity contribution is 5.84. The maximum Gasteiger partial charge on any atom is 0.347 e. The molecule has 2 rings (SSSR count). The first kappa shape index (κ1) is 18.5. The molecule has 1 aromatic carbocycles. The molecule has 1 aromatic heterocycles. The molecule has 0 aliphatic carbocycles. The molecular weight excluding hydrogens is 328 g/mol. The summed E-state index contributed by atoms with van der Waals surface area (Å²) in [6.07, 6.45) is -0.942. The van der Waals surface area contributed by atoms with Crippen LogP contribution in [-0.2, 0) is 25.5 Å². The first-order chi connectivity index (χ1) is 11.9. The Kier molecular flexibility index (Phi) is 5.80. The standard InChI is InChI=1S/C18H20O7/c1-5-23-17(20)11(3)24-12-6-7-13-10(2)14(9-16(19)22-4)18(21)25-15(13)8-12/h6-8,11H,5,9H2,1-4H3. The van der Waals surface area contributed by atoms with Gasteiger partial charge in [0.25, 0.3) is 0 Å². The Labute approximate surface area is 144 Å². The van der Waals surface area contributed by atoms with Gasteiger partial charge in [-0.25, -0.2) is 9.59 Å². The molecule has 0 saturated carbocycles. The van der Waals surface area contributed by atoms with Gasteiger partial charge >= 0.3 is 17.6 Å². The molecular formula is C18H20O7. The van der Waals surface area contributed by atoms with E-state index in [0.29, 0.717) is 22.3 Å². The largest absolute Gasteiger partial charge is 0.479 e. The van der Waals surface area contributed by atoms with Gasteiger partial charge in [-0.3, -0.25) is 4.79 Å². The van der Waals surface area contributed by atoms with Crippen LogP contribution < -0.4 is 10.4 Å². The molecule has 0 N–H and O–H groups in total. The SMILES string of the molecule is CCOC(=O)C(C)Oc1ccc2c(C)c(CC(=O)OC)c(=O)oc2c1. The maximum absolute atomic E-state index is 12.1. The normalized spacial score (nSPS) is 11.8. The molecule has 1 atom stereocenters. The topological polar surface area (TPSA) is 92.0 Å². The molecule has 0 spiro atoms. The summed E-state index contributed by atoms with van der Waals surface area (Å²) in [5, 5.41) is 0.676. The average molecular weight is 348 g/mol. The molecule has 1 heterocycles. The fourth-order valence-corrected chi connectivity index (χ4v) is 2.38. The van der Waals surface area contributed by atoms with Crippen molar-refractivity contribution in [3.05, 3.63) is 39.7 Å². The third-order valence-corrected chi connectivity index (χ3v) is 3.74. The van der Waals surface area contributed by atoms with Crippen molar-refractivity contribution in [3.8, 4) is 5.75 Å². The van der Waals surface area contributed by atoms with Crippen LogP contribution in [-0.4, -0.2) is 31.8 Å². The van der Waals surface area contributed by atoms with Gasteiger partial charge in [-0.15, -0.1) is 0 Å². The number of hydrogen-bond donors (Lipinski definition) is 0. The number of benzene rings is 1. The smallest absolute Gasteiger partial charge is 0.347 e. The van der Waals surface area contributed by atoms with E-state index < -0.39 is 23.7 Å². The minimum atomic E-state index is -0.788. The van der Waals surface area contributed by atoms with E-state index in [1.165, 1.54) is 13.2 Å². The minimum Gasteiger partial charge on any atom is -0.479 e. The number of carbonyl (C=O) groups is 2. The van der Waals surface area contributed by atoms with Gasteiger partial charge in [0.05, 0.1) is 25.7 Å². The van der Waals surface area contributed by atoms with E-state index in [4.69, 9.17) is 13.9 Å². The molecule has 7 heteroatoms. The van der Waals surface area contributed by atoms with Crippen LogP contribution in [0.15, 0.2) is 27.4 Å². The lowest BCUT2D eigenvalue weighted by Crippen LogP contribution is -2.26. The molecule has 7 nitrogen and oxygen atoms in total. The molecule has 1 unspecified atom stereocenters. The first-order valence-electron chi connectivity index (χ1n) is 7.83. The fraction of sp³-hybridized carbons (Fsp3) is 0.389. The van der Waals surface area contributed by atoms with Crippen LogP contribution >= 0.6 is 0 Å². The van der Waals surface area contributed by atoms with Crippen LogP contribution in [0.4, 0.5) is 0 Å². The highest BCUT2D eigenvalue weighted by atomic mass is 16.6. The first-order valence-corrected chi connectivity index (χ1v) is 7.83. The second-order valence-corrected chi connectivity index (χ2v) is 5.42. The van der Waals surface area contributed by atoms with Crippen molar-refractivity contribution >= 4 is 22.9 Å². The van der Waals surface area contributed by atoms with Gasteiger partial charge in [-0.1, -0.05) is 0 Å². The van der Waals surface area contributed by atoms with Gasteiger partial charge in [-0.05, 0) is 38.5 Å². The lowest BCUT2D eigenvalue weighted by Gasteiger charge is -2.14. The monoisotopic (exact) mass is 348 g/mol. The average Bonchev–Trinajstić information content (AvgIpc) is 2.58. The zero-order chi connectivity index (χ0) is 18.6. The molecule has 0 bridgehead atoms. The Morgan fingerprint density at radius 2 is 2.00 bits per heavy atom. The van der Waals surface area contributed by atoms with Crippen LogP contribution in [0.25, 0.3) is 11.0 Å². The van der Waals surface area contributed by atoms with Crippen molar-refractivity contribution in [1.29, 1.82) is 0 Å². The fourth-order valence-electron chi connectivity index (χ4n) is 2.38. The number of esters is 2. The summed E-state index contributed by atoms with van der Waals surface area (Å²) in [7, 11) is 1.26. The molecule has 134 valence electrons. The highest BCUT2D eigenvalue weighted by Gasteiger charge is 2.18. The van der Waals surface area contributed by atoms with E-state index in [9.17, 15) is 14.4 Å². The van der Waals surface area contributed by atoms with Crippen LogP contribution in [0.5, 0.6) is 5.75 Å². The summed E-state index contributed by atoms with van der Waals surface area (Å²) in [5.41, 5.74) is 0.602. The molecule has 0 amide bonds. The molecule has 25 heavy (non-hydrogen) atoms. The van der Waals surface area contributed by atoms with Crippen molar-refractivity contribution in [2.45, 2.75) is 33.3 Å². The van der Waals surface area contributed by atoms with E-state index in [2.05, 4.69) is 4.74 Å². The number of methoxy groups -OCH3 is 1. The number of carbonyl (C=O) groups excluding carboxylic acids is 2. The quantitative estimate of drug-likeness (QED) is 0.583. The van der Waals surface area contributed by atoms with Crippen LogP contribution in [0.2, 0.25) is 0 Å². The van der Waals surface area contributed by atoms with Crippen LogP contribution in [0, 0.1) is 6.92 Å². The Morgan fingerprint density at radius 3 is 2.64 bits per heavy atom. The number of hydrogen-bond acceptors (Lipinski definition) is 7. The number of fused-ring (bicyclic) bond motifs is 1. The third kappa shape index (κ3) is 4.17. The molecule has 2 aromatic rings. The third-order valence-electron chi connectivity index (χ3n) is 3.74. The van der Waals surface area contributed by atoms with E-state index in [1.807, 2.05) is 0 Å². The molecule has 0 aliphatic heterocycles. The Balaban J connectivity index is 2.35. The molecule has 0 radical (unpaired) electrons. The van der Waals surface area contributed by atoms with E-state index in [0.717, 1.165) is 0 Å². The zero-order valence-electron chi connectivity index (χ0n) is 14.6. The lowest BCUT2D eigenvalue weighted by molar-refractivity contribution is -0.150. The summed E-state index contributed by atoms with van der Waals surface area (Å²) in [4.78, 5) is 35.2. The van der Waals surface area contributed by atoms with Crippen molar-refractivity contribution in [1.82, 2.24) is 0 Å². The van der Waals surface area contributed by atoms with Gasteiger partial charge in [0.1, 0.15) is 11.3 Å². The van der Waals surface area contributed by atoms with Crippen molar-refractivity contribution in [2.75, 3.05) is 13.7 Å². The minimum absolute atomic E-state index is 0.154. The molecule has 0 saturated heterocycles. The second-order valence-electron chi connectivity index (χ2n) is 5.42. The second kappa shape index (κ2) is 7.83. The van der Waals surface area contributed by atoms with Gasteiger partial charge in [0, 0.05) is 11.5 Å². The number of aryl methyl sites for hydroxylation is 1. The van der Waals surface area contributed by atoms with Crippen LogP contribution in [0.3, 0.4) is 0 Å². The predicted molar refractivity (Wildman–Crippen MR) is 89.7 cm³/mol. The summed E-state index contributed by atoms with van der Waals surface area (Å²) in [6.45, 7) is 5.29. The van der Waals surface area contributed by atoms with Crippen molar-refractivity contribution in [2.24, 2.45) is 0 Å². The van der Waals surface area contributed by atoms with Crippen LogP contribution in [0.1, 0.15) is 25.0 Å². The maximum atomic E-state index is 12.1. The van der Waals surface area contributed by atoms with Crippen molar-refractivity contribution < 1.29 is 28.2 Å². The predicted octanol–water partition coefficient (Wildman–Crippen LogP) is 2.15. The number of rotatable bonds is 6. The lowest BCUT2D eigenvalue weighted by atomic mass is 10.0. The van der Waals surface area contributed by atoms with E-state index in [-0.39, 0.29) is 18.6 Å². The van der Waals surface area contributed by atoms with Crippen molar-refractivity contribution in [3.63, 3.8) is 0 Å². The molecule has 0 fully saturated rings. The summed E-state index contributed by atoms with van der Waals surface area (Å²) < 4.78 is 20.3. The van der Waals surface area contributed by atoms with E-state index >= 15 is 0 Å². The Hall–Kier alpha value is -2.83. The summed E-state index contributed by atoms with van der Waals surface area (Å²) >= 11 is 0. The van der Waals surface area contributed by atoms with Gasteiger partial charge in [0.15, 0.2) is 6.10 Å². The van der Waals surface area contributed by atoms with Gasteiger partial charge < -0.3 is 18.6 Å².